The van der Waals surface area contributed by atoms with Crippen molar-refractivity contribution in [2.24, 2.45) is 0 Å². The largest absolute Gasteiger partial charge is 0.382 e. The molecule has 0 atom stereocenters. The van der Waals surface area contributed by atoms with Crippen LogP contribution in [0, 0.1) is 0 Å². The van der Waals surface area contributed by atoms with Gasteiger partial charge in [0.25, 0.3) is 0 Å². The number of hydrogen-bond donors (Lipinski definition) is 1. The van der Waals surface area contributed by atoms with E-state index < -0.39 is 0 Å². The number of anilines is 1. The summed E-state index contributed by atoms with van der Waals surface area (Å²) in [5.74, 6) is 0.460. The van der Waals surface area contributed by atoms with E-state index in [9.17, 15) is 0 Å². The van der Waals surface area contributed by atoms with Crippen LogP contribution in [0.3, 0.4) is 0 Å². The minimum atomic E-state index is 0.460. The zero-order valence-corrected chi connectivity index (χ0v) is 11.8. The van der Waals surface area contributed by atoms with Gasteiger partial charge in [0, 0.05) is 6.54 Å². The zero-order valence-electron chi connectivity index (χ0n) is 11.8. The zero-order chi connectivity index (χ0) is 13.8. The van der Waals surface area contributed by atoms with Crippen LogP contribution < -0.4 is 5.73 Å². The van der Waals surface area contributed by atoms with Crippen LogP contribution in [0.15, 0.2) is 12.7 Å². The molecule has 1 aliphatic heterocycles. The van der Waals surface area contributed by atoms with E-state index in [2.05, 4.69) is 24.4 Å². The van der Waals surface area contributed by atoms with Gasteiger partial charge in [0.2, 0.25) is 0 Å². The molecule has 6 nitrogen and oxygen atoms in total. The highest BCUT2D eigenvalue weighted by atomic mass is 15.1. The van der Waals surface area contributed by atoms with Gasteiger partial charge in [-0.2, -0.15) is 0 Å². The number of rotatable bonds is 4. The van der Waals surface area contributed by atoms with Crippen molar-refractivity contribution in [3.63, 3.8) is 0 Å². The van der Waals surface area contributed by atoms with Gasteiger partial charge >= 0.3 is 0 Å². The molecule has 108 valence electrons. The van der Waals surface area contributed by atoms with Crippen LogP contribution in [0.25, 0.3) is 11.2 Å². The van der Waals surface area contributed by atoms with Gasteiger partial charge in [0.1, 0.15) is 11.8 Å². The van der Waals surface area contributed by atoms with Crippen LogP contribution >= 0.6 is 0 Å². The Morgan fingerprint density at radius 3 is 2.60 bits per heavy atom. The monoisotopic (exact) mass is 274 g/mol. The Morgan fingerprint density at radius 1 is 1.00 bits per heavy atom. The van der Waals surface area contributed by atoms with Gasteiger partial charge < -0.3 is 15.2 Å². The molecular formula is C14H22N6. The maximum Gasteiger partial charge on any atom is 0.165 e. The average Bonchev–Trinajstić information content (AvgIpc) is 2.70. The van der Waals surface area contributed by atoms with E-state index >= 15 is 0 Å². The highest BCUT2D eigenvalue weighted by molar-refractivity contribution is 5.80. The fourth-order valence-corrected chi connectivity index (χ4v) is 2.89. The van der Waals surface area contributed by atoms with Gasteiger partial charge in [-0.25, -0.2) is 15.0 Å². The summed E-state index contributed by atoms with van der Waals surface area (Å²) in [7, 11) is 0. The van der Waals surface area contributed by atoms with Crippen LogP contribution in [-0.4, -0.2) is 44.1 Å². The van der Waals surface area contributed by atoms with Gasteiger partial charge in [-0.15, -0.1) is 0 Å². The van der Waals surface area contributed by atoms with E-state index in [1.54, 1.807) is 0 Å². The second-order valence-electron chi connectivity index (χ2n) is 5.48. The first-order chi connectivity index (χ1) is 9.84. The fourth-order valence-electron chi connectivity index (χ4n) is 2.89. The smallest absolute Gasteiger partial charge is 0.165 e. The van der Waals surface area contributed by atoms with Crippen molar-refractivity contribution in [2.75, 3.05) is 25.4 Å². The van der Waals surface area contributed by atoms with E-state index in [0.717, 1.165) is 25.2 Å². The second kappa shape index (κ2) is 6.17. The predicted octanol–water partition coefficient (Wildman–Crippen LogP) is 1.67. The molecule has 1 fully saturated rings. The summed E-state index contributed by atoms with van der Waals surface area (Å²) < 4.78 is 2.07. The molecule has 1 saturated heterocycles. The summed E-state index contributed by atoms with van der Waals surface area (Å²) in [5.41, 5.74) is 7.35. The summed E-state index contributed by atoms with van der Waals surface area (Å²) >= 11 is 0. The SMILES string of the molecule is Nc1ncnc2c1ncn2CCCN1CCCCCC1. The van der Waals surface area contributed by atoms with Crippen molar-refractivity contribution in [3.8, 4) is 0 Å². The Bertz CT molecular complexity index is 556. The van der Waals surface area contributed by atoms with Gasteiger partial charge in [-0.1, -0.05) is 12.8 Å². The number of nitrogen functional groups attached to an aromatic ring is 1. The number of imidazole rings is 1. The normalized spacial score (nSPS) is 17.4. The number of nitrogens with two attached hydrogens (primary N) is 1. The van der Waals surface area contributed by atoms with Crippen LogP contribution in [0.4, 0.5) is 5.82 Å². The van der Waals surface area contributed by atoms with Gasteiger partial charge in [-0.3, -0.25) is 0 Å². The maximum atomic E-state index is 5.80. The lowest BCUT2D eigenvalue weighted by Gasteiger charge is -2.19. The number of nitrogens with zero attached hydrogens (tertiary/aromatic N) is 5. The number of hydrogen-bond acceptors (Lipinski definition) is 5. The third kappa shape index (κ3) is 2.90. The third-order valence-corrected chi connectivity index (χ3v) is 4.00. The molecule has 0 bridgehead atoms. The fraction of sp³-hybridized carbons (Fsp3) is 0.643. The van der Waals surface area contributed by atoms with E-state index in [4.69, 9.17) is 5.73 Å². The molecule has 2 N–H and O–H groups in total. The summed E-state index contributed by atoms with van der Waals surface area (Å²) in [6.45, 7) is 4.59. The molecular weight excluding hydrogens is 252 g/mol. The Morgan fingerprint density at radius 2 is 1.80 bits per heavy atom. The standard InChI is InChI=1S/C14H22N6/c15-13-12-14(17-10-16-13)20(11-18-12)9-5-8-19-6-3-1-2-4-7-19/h10-11H,1-9H2,(H2,15,16,17). The molecule has 2 aromatic rings. The number of fused-ring (bicyclic) bond motifs is 1. The van der Waals surface area contributed by atoms with E-state index in [1.807, 2.05) is 6.33 Å². The molecule has 3 rings (SSSR count). The van der Waals surface area contributed by atoms with E-state index in [-0.39, 0.29) is 0 Å². The van der Waals surface area contributed by atoms with Crippen molar-refractivity contribution >= 4 is 17.0 Å². The van der Waals surface area contributed by atoms with Crippen molar-refractivity contribution in [1.82, 2.24) is 24.4 Å². The topological polar surface area (TPSA) is 72.9 Å². The molecule has 6 heteroatoms. The van der Waals surface area contributed by atoms with Crippen molar-refractivity contribution in [1.29, 1.82) is 0 Å². The van der Waals surface area contributed by atoms with E-state index in [0.29, 0.717) is 11.3 Å². The van der Waals surface area contributed by atoms with Gasteiger partial charge in [0.15, 0.2) is 11.5 Å². The van der Waals surface area contributed by atoms with Gasteiger partial charge in [-0.05, 0) is 38.9 Å². The Kier molecular flexibility index (Phi) is 4.11. The lowest BCUT2D eigenvalue weighted by atomic mass is 10.2. The van der Waals surface area contributed by atoms with Crippen molar-refractivity contribution < 1.29 is 0 Å². The molecule has 2 aromatic heterocycles. The summed E-state index contributed by atoms with van der Waals surface area (Å²) in [5, 5.41) is 0. The molecule has 0 spiro atoms. The molecule has 3 heterocycles. The first-order valence-corrected chi connectivity index (χ1v) is 7.48. The molecule has 0 amide bonds. The minimum Gasteiger partial charge on any atom is -0.382 e. The van der Waals surface area contributed by atoms with Crippen LogP contribution in [-0.2, 0) is 6.54 Å². The first kappa shape index (κ1) is 13.3. The quantitative estimate of drug-likeness (QED) is 0.918. The highest BCUT2D eigenvalue weighted by Gasteiger charge is 2.10. The lowest BCUT2D eigenvalue weighted by molar-refractivity contribution is 0.276. The summed E-state index contributed by atoms with van der Waals surface area (Å²) in [4.78, 5) is 15.1. The third-order valence-electron chi connectivity index (χ3n) is 4.00. The Balaban J connectivity index is 1.58. The first-order valence-electron chi connectivity index (χ1n) is 7.48. The number of aromatic nitrogens is 4. The van der Waals surface area contributed by atoms with Gasteiger partial charge in [0.05, 0.1) is 6.33 Å². The second-order valence-corrected chi connectivity index (χ2v) is 5.48. The molecule has 0 aliphatic carbocycles. The molecule has 0 saturated carbocycles. The number of aryl methyl sites for hydroxylation is 1. The van der Waals surface area contributed by atoms with E-state index in [1.165, 1.54) is 45.1 Å². The minimum absolute atomic E-state index is 0.460. The maximum absolute atomic E-state index is 5.80. The van der Waals surface area contributed by atoms with Crippen molar-refractivity contribution in [2.45, 2.75) is 38.6 Å². The summed E-state index contributed by atoms with van der Waals surface area (Å²) in [6.07, 6.45) is 9.91. The Hall–Kier alpha value is -1.69. The van der Waals surface area contributed by atoms with Crippen LogP contribution in [0.5, 0.6) is 0 Å². The molecule has 0 aromatic carbocycles. The molecule has 0 unspecified atom stereocenters. The highest BCUT2D eigenvalue weighted by Crippen LogP contribution is 2.15. The van der Waals surface area contributed by atoms with Crippen LogP contribution in [0.2, 0.25) is 0 Å². The average molecular weight is 274 g/mol. The Labute approximate surface area is 119 Å². The molecule has 1 aliphatic rings. The summed E-state index contributed by atoms with van der Waals surface area (Å²) in [6, 6.07) is 0. The molecule has 20 heavy (non-hydrogen) atoms. The lowest BCUT2D eigenvalue weighted by Crippen LogP contribution is -2.26. The molecule has 0 radical (unpaired) electrons. The van der Waals surface area contributed by atoms with Crippen LogP contribution in [0.1, 0.15) is 32.1 Å². The van der Waals surface area contributed by atoms with Crippen molar-refractivity contribution in [3.05, 3.63) is 12.7 Å². The number of likely N-dealkylation sites (tertiary alicyclic amines) is 1. The predicted molar refractivity (Wildman–Crippen MR) is 79.3 cm³/mol.